The predicted molar refractivity (Wildman–Crippen MR) is 74.9 cm³/mol. The molecule has 5 nitrogen and oxygen atoms in total. The van der Waals surface area contributed by atoms with Crippen LogP contribution < -0.4 is 5.73 Å². The first kappa shape index (κ1) is 15.0. The molecule has 0 fully saturated rings. The smallest absolute Gasteiger partial charge is 0.303 e. The molecule has 19 heavy (non-hydrogen) atoms. The number of guanidine groups is 1. The Morgan fingerprint density at radius 3 is 2.47 bits per heavy atom. The molecule has 104 valence electrons. The molecule has 0 aliphatic carbocycles. The molecule has 1 aromatic rings. The molecule has 0 radical (unpaired) electrons. The van der Waals surface area contributed by atoms with Crippen molar-refractivity contribution in [1.29, 1.82) is 5.41 Å². The summed E-state index contributed by atoms with van der Waals surface area (Å²) in [5.41, 5.74) is 6.68. The number of nitrogens with two attached hydrogens (primary N) is 1. The summed E-state index contributed by atoms with van der Waals surface area (Å²) in [6, 6.07) is 9.87. The molecule has 1 rings (SSSR count). The van der Waals surface area contributed by atoms with Crippen molar-refractivity contribution in [2.24, 2.45) is 5.73 Å². The van der Waals surface area contributed by atoms with Crippen molar-refractivity contribution in [3.63, 3.8) is 0 Å². The summed E-state index contributed by atoms with van der Waals surface area (Å²) in [6.45, 7) is 1.30. The van der Waals surface area contributed by atoms with E-state index in [1.807, 2.05) is 30.3 Å². The molecule has 0 aliphatic heterocycles. The highest BCUT2D eigenvalue weighted by Gasteiger charge is 2.07. The third-order valence-corrected chi connectivity index (χ3v) is 2.88. The number of carbonyl (C=O) groups is 1. The van der Waals surface area contributed by atoms with Gasteiger partial charge in [0, 0.05) is 19.5 Å². The Bertz CT molecular complexity index is 406. The molecule has 0 aromatic heterocycles. The van der Waals surface area contributed by atoms with Gasteiger partial charge in [-0.1, -0.05) is 36.8 Å². The van der Waals surface area contributed by atoms with Gasteiger partial charge in [-0.3, -0.25) is 10.2 Å². The molecule has 0 heterocycles. The van der Waals surface area contributed by atoms with Gasteiger partial charge in [-0.15, -0.1) is 0 Å². The lowest BCUT2D eigenvalue weighted by Crippen LogP contribution is -2.36. The molecular formula is C14H21N3O2. The number of hydrogen-bond donors (Lipinski definition) is 3. The van der Waals surface area contributed by atoms with Crippen molar-refractivity contribution < 1.29 is 9.90 Å². The normalized spacial score (nSPS) is 10.1. The van der Waals surface area contributed by atoms with Gasteiger partial charge in [-0.2, -0.15) is 0 Å². The van der Waals surface area contributed by atoms with E-state index in [1.165, 1.54) is 0 Å². The van der Waals surface area contributed by atoms with Crippen LogP contribution in [0.5, 0.6) is 0 Å². The summed E-state index contributed by atoms with van der Waals surface area (Å²) in [7, 11) is 0. The molecule has 1 aromatic carbocycles. The van der Waals surface area contributed by atoms with E-state index in [-0.39, 0.29) is 12.4 Å². The fourth-order valence-corrected chi connectivity index (χ4v) is 1.84. The molecule has 0 saturated heterocycles. The Balaban J connectivity index is 2.33. The van der Waals surface area contributed by atoms with Crippen molar-refractivity contribution in [3.05, 3.63) is 35.9 Å². The van der Waals surface area contributed by atoms with Gasteiger partial charge < -0.3 is 15.7 Å². The summed E-state index contributed by atoms with van der Waals surface area (Å²) in [4.78, 5) is 12.2. The minimum atomic E-state index is -0.757. The molecule has 0 bridgehead atoms. The molecule has 0 spiro atoms. The third-order valence-electron chi connectivity index (χ3n) is 2.88. The second kappa shape index (κ2) is 8.13. The van der Waals surface area contributed by atoms with E-state index >= 15 is 0 Å². The van der Waals surface area contributed by atoms with Crippen molar-refractivity contribution in [3.8, 4) is 0 Å². The van der Waals surface area contributed by atoms with Gasteiger partial charge in [0.05, 0.1) is 0 Å². The van der Waals surface area contributed by atoms with Crippen LogP contribution in [0.15, 0.2) is 30.3 Å². The Hall–Kier alpha value is -2.04. The number of benzene rings is 1. The number of hydrogen-bond acceptors (Lipinski definition) is 2. The maximum Gasteiger partial charge on any atom is 0.303 e. The number of nitrogens with one attached hydrogen (secondary N) is 1. The van der Waals surface area contributed by atoms with Gasteiger partial charge >= 0.3 is 5.97 Å². The van der Waals surface area contributed by atoms with Crippen LogP contribution in [0.2, 0.25) is 0 Å². The highest BCUT2D eigenvalue weighted by molar-refractivity contribution is 5.74. The van der Waals surface area contributed by atoms with E-state index in [0.29, 0.717) is 19.5 Å². The molecular weight excluding hydrogens is 242 g/mol. The standard InChI is InChI=1S/C14H21N3O2/c15-14(16)17(10-6-2-5-9-13(18)19)11-12-7-3-1-4-8-12/h1,3-4,7-8H,2,5-6,9-11H2,(H3,15,16)(H,18,19). The SMILES string of the molecule is N=C(N)N(CCCCCC(=O)O)Cc1ccccc1. The van der Waals surface area contributed by atoms with E-state index < -0.39 is 5.97 Å². The van der Waals surface area contributed by atoms with Crippen LogP contribution in [-0.2, 0) is 11.3 Å². The Kier molecular flexibility index (Phi) is 6.43. The molecule has 0 aliphatic rings. The van der Waals surface area contributed by atoms with Crippen molar-refractivity contribution in [2.75, 3.05) is 6.54 Å². The zero-order chi connectivity index (χ0) is 14.1. The zero-order valence-electron chi connectivity index (χ0n) is 11.0. The van der Waals surface area contributed by atoms with E-state index in [4.69, 9.17) is 16.2 Å². The number of nitrogens with zero attached hydrogens (tertiary/aromatic N) is 1. The number of aliphatic carboxylic acids is 1. The van der Waals surface area contributed by atoms with E-state index in [0.717, 1.165) is 18.4 Å². The second-order valence-corrected chi connectivity index (χ2v) is 4.50. The highest BCUT2D eigenvalue weighted by atomic mass is 16.4. The fourth-order valence-electron chi connectivity index (χ4n) is 1.84. The first-order valence-corrected chi connectivity index (χ1v) is 6.44. The first-order chi connectivity index (χ1) is 9.09. The van der Waals surface area contributed by atoms with E-state index in [9.17, 15) is 4.79 Å². The van der Waals surface area contributed by atoms with Crippen molar-refractivity contribution >= 4 is 11.9 Å². The van der Waals surface area contributed by atoms with Crippen LogP contribution in [0, 0.1) is 5.41 Å². The largest absolute Gasteiger partial charge is 0.481 e. The maximum absolute atomic E-state index is 10.4. The van der Waals surface area contributed by atoms with Gasteiger partial charge in [-0.05, 0) is 18.4 Å². The van der Waals surface area contributed by atoms with E-state index in [1.54, 1.807) is 4.90 Å². The van der Waals surface area contributed by atoms with Gasteiger partial charge in [0.25, 0.3) is 0 Å². The topological polar surface area (TPSA) is 90.4 Å². The van der Waals surface area contributed by atoms with Gasteiger partial charge in [0.2, 0.25) is 0 Å². The first-order valence-electron chi connectivity index (χ1n) is 6.44. The van der Waals surface area contributed by atoms with Crippen molar-refractivity contribution in [2.45, 2.75) is 32.2 Å². The average molecular weight is 263 g/mol. The Morgan fingerprint density at radius 1 is 1.21 bits per heavy atom. The van der Waals surface area contributed by atoms with Crippen LogP contribution in [0.25, 0.3) is 0 Å². The van der Waals surface area contributed by atoms with Crippen LogP contribution >= 0.6 is 0 Å². The lowest BCUT2D eigenvalue weighted by molar-refractivity contribution is -0.137. The Morgan fingerprint density at radius 2 is 1.89 bits per heavy atom. The van der Waals surface area contributed by atoms with Gasteiger partial charge in [0.15, 0.2) is 5.96 Å². The second-order valence-electron chi connectivity index (χ2n) is 4.50. The predicted octanol–water partition coefficient (Wildman–Crippen LogP) is 2.03. The summed E-state index contributed by atoms with van der Waals surface area (Å²) in [6.07, 6.45) is 2.57. The molecule has 0 atom stereocenters. The van der Waals surface area contributed by atoms with Crippen LogP contribution in [0.4, 0.5) is 0 Å². The third kappa shape index (κ3) is 6.45. The number of carboxylic acids is 1. The molecule has 0 amide bonds. The monoisotopic (exact) mass is 263 g/mol. The fraction of sp³-hybridized carbons (Fsp3) is 0.429. The maximum atomic E-state index is 10.4. The minimum Gasteiger partial charge on any atom is -0.481 e. The van der Waals surface area contributed by atoms with Crippen LogP contribution in [0.3, 0.4) is 0 Å². The molecule has 0 saturated carbocycles. The van der Waals surface area contributed by atoms with Crippen LogP contribution in [-0.4, -0.2) is 28.5 Å². The number of rotatable bonds is 8. The average Bonchev–Trinajstić information content (AvgIpc) is 2.37. The lowest BCUT2D eigenvalue weighted by atomic mass is 10.1. The zero-order valence-corrected chi connectivity index (χ0v) is 11.0. The minimum absolute atomic E-state index is 0.0575. The number of carboxylic acid groups (broad SMARTS) is 1. The molecule has 0 unspecified atom stereocenters. The van der Waals surface area contributed by atoms with Gasteiger partial charge in [-0.25, -0.2) is 0 Å². The summed E-state index contributed by atoms with van der Waals surface area (Å²) >= 11 is 0. The summed E-state index contributed by atoms with van der Waals surface area (Å²) < 4.78 is 0. The number of unbranched alkanes of at least 4 members (excludes halogenated alkanes) is 2. The molecule has 4 N–H and O–H groups in total. The van der Waals surface area contributed by atoms with Crippen molar-refractivity contribution in [1.82, 2.24) is 4.90 Å². The van der Waals surface area contributed by atoms with Gasteiger partial charge in [0.1, 0.15) is 0 Å². The Labute approximate surface area is 113 Å². The van der Waals surface area contributed by atoms with E-state index in [2.05, 4.69) is 0 Å². The molecule has 5 heteroatoms. The highest BCUT2D eigenvalue weighted by Crippen LogP contribution is 2.07. The lowest BCUT2D eigenvalue weighted by Gasteiger charge is -2.22. The summed E-state index contributed by atoms with van der Waals surface area (Å²) in [5.74, 6) is -0.699. The van der Waals surface area contributed by atoms with Crippen LogP contribution in [0.1, 0.15) is 31.2 Å². The quantitative estimate of drug-likeness (QED) is 0.380. The summed E-state index contributed by atoms with van der Waals surface area (Å²) in [5, 5.41) is 16.1.